The molecule has 1 amide bonds. The second-order valence-corrected chi connectivity index (χ2v) is 9.22. The smallest absolute Gasteiger partial charge is 0.237 e. The number of amides is 1. The first-order chi connectivity index (χ1) is 12.6. The summed E-state index contributed by atoms with van der Waals surface area (Å²) in [5.74, 6) is -0.981. The van der Waals surface area contributed by atoms with Gasteiger partial charge in [-0.25, -0.2) is 0 Å². The number of benzene rings is 1. The summed E-state index contributed by atoms with van der Waals surface area (Å²) in [6.45, 7) is 8.14. The Morgan fingerprint density at radius 2 is 1.67 bits per heavy atom. The van der Waals surface area contributed by atoms with Crippen LogP contribution in [0, 0.1) is 16.2 Å². The zero-order valence-corrected chi connectivity index (χ0v) is 16.8. The number of hydrogen-bond donors (Lipinski definition) is 0. The van der Waals surface area contributed by atoms with Crippen LogP contribution in [0.1, 0.15) is 33.6 Å². The number of nitrogens with zero attached hydrogens (tertiary/aromatic N) is 2. The van der Waals surface area contributed by atoms with E-state index in [2.05, 4.69) is 4.90 Å². The Balaban J connectivity index is 1.55. The van der Waals surface area contributed by atoms with Crippen LogP contribution in [0.2, 0.25) is 5.02 Å². The molecule has 2 saturated carbocycles. The highest BCUT2D eigenvalue weighted by Gasteiger charge is 2.78. The van der Waals surface area contributed by atoms with Gasteiger partial charge < -0.3 is 9.80 Å². The molecule has 0 spiro atoms. The summed E-state index contributed by atoms with van der Waals surface area (Å²) in [5.41, 5.74) is -1.51. The average Bonchev–Trinajstić information content (AvgIpc) is 2.93. The third-order valence-corrected chi connectivity index (χ3v) is 7.88. The van der Waals surface area contributed by atoms with Gasteiger partial charge in [0, 0.05) is 42.3 Å². The van der Waals surface area contributed by atoms with Crippen molar-refractivity contribution in [2.75, 3.05) is 31.1 Å². The van der Waals surface area contributed by atoms with E-state index in [-0.39, 0.29) is 11.7 Å². The first-order valence-corrected chi connectivity index (χ1v) is 9.92. The first kappa shape index (κ1) is 18.5. The summed E-state index contributed by atoms with van der Waals surface area (Å²) in [4.78, 5) is 43.0. The van der Waals surface area contributed by atoms with Gasteiger partial charge in [-0.05, 0) is 36.5 Å². The van der Waals surface area contributed by atoms with Gasteiger partial charge in [-0.3, -0.25) is 14.4 Å². The van der Waals surface area contributed by atoms with Crippen LogP contribution in [-0.4, -0.2) is 48.6 Å². The summed E-state index contributed by atoms with van der Waals surface area (Å²) < 4.78 is 0. The Morgan fingerprint density at radius 1 is 1.00 bits per heavy atom. The molecule has 1 heterocycles. The Hall–Kier alpha value is -1.88. The zero-order valence-electron chi connectivity index (χ0n) is 16.0. The molecule has 1 aliphatic heterocycles. The third-order valence-electron chi connectivity index (χ3n) is 7.65. The fourth-order valence-corrected chi connectivity index (χ4v) is 5.54. The molecule has 5 nitrogen and oxygen atoms in total. The summed E-state index contributed by atoms with van der Waals surface area (Å²) in [7, 11) is 0. The van der Waals surface area contributed by atoms with E-state index in [0.29, 0.717) is 44.0 Å². The number of ketones is 2. The van der Waals surface area contributed by atoms with Gasteiger partial charge in [0.25, 0.3) is 0 Å². The van der Waals surface area contributed by atoms with Crippen molar-refractivity contribution in [3.63, 3.8) is 0 Å². The molecular weight excluding hydrogens is 364 g/mol. The Labute approximate surface area is 164 Å². The van der Waals surface area contributed by atoms with E-state index in [9.17, 15) is 14.4 Å². The van der Waals surface area contributed by atoms with Crippen LogP contribution in [0.3, 0.4) is 0 Å². The number of halogens is 1. The molecule has 0 radical (unpaired) electrons. The second-order valence-electron chi connectivity index (χ2n) is 8.78. The topological polar surface area (TPSA) is 57.7 Å². The maximum absolute atomic E-state index is 13.5. The number of anilines is 1. The quantitative estimate of drug-likeness (QED) is 0.577. The van der Waals surface area contributed by atoms with Crippen molar-refractivity contribution in [3.8, 4) is 0 Å². The van der Waals surface area contributed by atoms with Crippen molar-refractivity contribution in [1.29, 1.82) is 0 Å². The minimum absolute atomic E-state index is 0.155. The van der Waals surface area contributed by atoms with Gasteiger partial charge in [-0.15, -0.1) is 0 Å². The SMILES string of the molecule is CC12CCC(C(=O)N3CCN(c4cccc(Cl)c4)CC3)(C(=O)C1=O)C2(C)C. The van der Waals surface area contributed by atoms with Crippen molar-refractivity contribution >= 4 is 34.8 Å². The average molecular weight is 389 g/mol. The van der Waals surface area contributed by atoms with Gasteiger partial charge >= 0.3 is 0 Å². The zero-order chi connectivity index (χ0) is 19.6. The molecule has 27 heavy (non-hydrogen) atoms. The number of rotatable bonds is 2. The highest BCUT2D eigenvalue weighted by molar-refractivity contribution is 6.48. The molecule has 1 saturated heterocycles. The first-order valence-electron chi connectivity index (χ1n) is 9.54. The van der Waals surface area contributed by atoms with Crippen molar-refractivity contribution in [2.24, 2.45) is 16.2 Å². The van der Waals surface area contributed by atoms with Gasteiger partial charge in [-0.1, -0.05) is 38.4 Å². The van der Waals surface area contributed by atoms with Gasteiger partial charge in [0.15, 0.2) is 0 Å². The Morgan fingerprint density at radius 3 is 2.22 bits per heavy atom. The predicted octanol–water partition coefficient (Wildman–Crippen LogP) is 2.95. The van der Waals surface area contributed by atoms with Crippen LogP contribution >= 0.6 is 11.6 Å². The summed E-state index contributed by atoms with van der Waals surface area (Å²) in [6, 6.07) is 7.68. The summed E-state index contributed by atoms with van der Waals surface area (Å²) >= 11 is 6.08. The summed E-state index contributed by atoms with van der Waals surface area (Å²) in [5, 5.41) is 0.687. The molecular formula is C21H25ClN2O3. The molecule has 2 atom stereocenters. The minimum atomic E-state index is -1.18. The van der Waals surface area contributed by atoms with Crippen molar-refractivity contribution < 1.29 is 14.4 Å². The van der Waals surface area contributed by atoms with Gasteiger partial charge in [0.1, 0.15) is 5.41 Å². The molecule has 0 N–H and O–H groups in total. The second kappa shape index (κ2) is 5.81. The molecule has 1 aromatic carbocycles. The standard InChI is InChI=1S/C21H25ClN2O3/c1-19(2)20(3)7-8-21(19,17(26)16(20)25)18(27)24-11-9-23(10-12-24)15-6-4-5-14(22)13-15/h4-6,13H,7-12H2,1-3H3. The molecule has 2 bridgehead atoms. The van der Waals surface area contributed by atoms with Crippen LogP contribution in [0.4, 0.5) is 5.69 Å². The lowest BCUT2D eigenvalue weighted by Gasteiger charge is -2.43. The van der Waals surface area contributed by atoms with Crippen molar-refractivity contribution in [3.05, 3.63) is 29.3 Å². The van der Waals surface area contributed by atoms with E-state index in [4.69, 9.17) is 11.6 Å². The molecule has 3 fully saturated rings. The lowest BCUT2D eigenvalue weighted by Crippen LogP contribution is -2.57. The van der Waals surface area contributed by atoms with Gasteiger partial charge in [0.05, 0.1) is 0 Å². The van der Waals surface area contributed by atoms with E-state index < -0.39 is 22.0 Å². The van der Waals surface area contributed by atoms with Crippen LogP contribution in [-0.2, 0) is 14.4 Å². The lowest BCUT2D eigenvalue weighted by molar-refractivity contribution is -0.155. The lowest BCUT2D eigenvalue weighted by atomic mass is 9.64. The number of fused-ring (bicyclic) bond motifs is 2. The minimum Gasteiger partial charge on any atom is -0.368 e. The summed E-state index contributed by atoms with van der Waals surface area (Å²) in [6.07, 6.45) is 1.09. The highest BCUT2D eigenvalue weighted by atomic mass is 35.5. The molecule has 6 heteroatoms. The Bertz CT molecular complexity index is 844. The molecule has 1 aromatic rings. The van der Waals surface area contributed by atoms with E-state index in [1.165, 1.54) is 0 Å². The number of carbonyl (C=O) groups is 3. The number of hydrogen-bond acceptors (Lipinski definition) is 4. The Kier molecular flexibility index (Phi) is 3.97. The van der Waals surface area contributed by atoms with Crippen LogP contribution in [0.15, 0.2) is 24.3 Å². The fraction of sp³-hybridized carbons (Fsp3) is 0.571. The van der Waals surface area contributed by atoms with E-state index in [0.717, 1.165) is 5.69 Å². The fourth-order valence-electron chi connectivity index (χ4n) is 5.35. The normalized spacial score (nSPS) is 32.3. The largest absolute Gasteiger partial charge is 0.368 e. The molecule has 2 aliphatic carbocycles. The number of carbonyl (C=O) groups excluding carboxylic acids is 3. The predicted molar refractivity (Wildman–Crippen MR) is 104 cm³/mol. The molecule has 3 aliphatic rings. The van der Waals surface area contributed by atoms with E-state index in [1.54, 1.807) is 4.90 Å². The molecule has 144 valence electrons. The van der Waals surface area contributed by atoms with Crippen LogP contribution in [0.25, 0.3) is 0 Å². The maximum atomic E-state index is 13.5. The number of Topliss-reactive ketones (excluding diaryl/α,β-unsaturated/α-hetero) is 2. The third kappa shape index (κ3) is 2.21. The highest BCUT2D eigenvalue weighted by Crippen LogP contribution is 2.69. The molecule has 2 unspecified atom stereocenters. The van der Waals surface area contributed by atoms with Crippen LogP contribution < -0.4 is 4.90 Å². The van der Waals surface area contributed by atoms with Crippen molar-refractivity contribution in [2.45, 2.75) is 33.6 Å². The van der Waals surface area contributed by atoms with Gasteiger partial charge in [0.2, 0.25) is 17.5 Å². The maximum Gasteiger partial charge on any atom is 0.237 e. The molecule has 0 aromatic heterocycles. The monoisotopic (exact) mass is 388 g/mol. The van der Waals surface area contributed by atoms with E-state index >= 15 is 0 Å². The molecule has 4 rings (SSSR count). The van der Waals surface area contributed by atoms with Gasteiger partial charge in [-0.2, -0.15) is 0 Å². The van der Waals surface area contributed by atoms with E-state index in [1.807, 2.05) is 45.0 Å². The van der Waals surface area contributed by atoms with Crippen molar-refractivity contribution in [1.82, 2.24) is 4.90 Å². The van der Waals surface area contributed by atoms with Crippen LogP contribution in [0.5, 0.6) is 0 Å². The number of piperazine rings is 1.